The van der Waals surface area contributed by atoms with Crippen LogP contribution in [0.15, 0.2) is 24.4 Å². The van der Waals surface area contributed by atoms with Crippen molar-refractivity contribution in [2.24, 2.45) is 0 Å². The van der Waals surface area contributed by atoms with Gasteiger partial charge in [0.1, 0.15) is 17.0 Å². The van der Waals surface area contributed by atoms with E-state index < -0.39 is 5.60 Å². The highest BCUT2D eigenvalue weighted by molar-refractivity contribution is 5.42. The maximum absolute atomic E-state index is 11.2. The molecular formula is C19H25N5O2. The summed E-state index contributed by atoms with van der Waals surface area (Å²) >= 11 is 0. The van der Waals surface area contributed by atoms with Gasteiger partial charge in [-0.3, -0.25) is 4.90 Å². The summed E-state index contributed by atoms with van der Waals surface area (Å²) in [5, 5.41) is 28.7. The minimum absolute atomic E-state index is 0.206. The van der Waals surface area contributed by atoms with Crippen LogP contribution in [0.2, 0.25) is 0 Å². The van der Waals surface area contributed by atoms with E-state index in [4.69, 9.17) is 10.00 Å². The molecule has 1 aromatic carbocycles. The first-order chi connectivity index (χ1) is 12.4. The molecule has 0 radical (unpaired) electrons. The van der Waals surface area contributed by atoms with Crippen molar-refractivity contribution >= 4 is 0 Å². The zero-order valence-corrected chi connectivity index (χ0v) is 15.5. The SMILES string of the molecule is COc1ccc(C#N)cc1CN1CCC[C@](O)(c2cn(C(C)C)nn2)C1. The predicted molar refractivity (Wildman–Crippen MR) is 96.5 cm³/mol. The van der Waals surface area contributed by atoms with Gasteiger partial charge in [-0.1, -0.05) is 5.21 Å². The van der Waals surface area contributed by atoms with E-state index in [0.717, 1.165) is 24.3 Å². The Balaban J connectivity index is 1.79. The Bertz CT molecular complexity index is 811. The molecule has 7 nitrogen and oxygen atoms in total. The van der Waals surface area contributed by atoms with Crippen LogP contribution in [0.5, 0.6) is 5.75 Å². The molecule has 0 bridgehead atoms. The molecule has 1 aliphatic rings. The van der Waals surface area contributed by atoms with Gasteiger partial charge in [-0.2, -0.15) is 5.26 Å². The number of nitrogens with zero attached hydrogens (tertiary/aromatic N) is 5. The van der Waals surface area contributed by atoms with Crippen LogP contribution in [-0.2, 0) is 12.1 Å². The van der Waals surface area contributed by atoms with Crippen LogP contribution >= 0.6 is 0 Å². The van der Waals surface area contributed by atoms with Gasteiger partial charge in [0.25, 0.3) is 0 Å². The van der Waals surface area contributed by atoms with Gasteiger partial charge in [0.2, 0.25) is 0 Å². The second-order valence-electron chi connectivity index (χ2n) is 7.16. The summed E-state index contributed by atoms with van der Waals surface area (Å²) in [5.41, 5.74) is 1.16. The lowest BCUT2D eigenvalue weighted by atomic mass is 9.89. The van der Waals surface area contributed by atoms with Crippen LogP contribution in [0, 0.1) is 11.3 Å². The second kappa shape index (κ2) is 7.44. The summed E-state index contributed by atoms with van der Waals surface area (Å²) in [4.78, 5) is 2.18. The van der Waals surface area contributed by atoms with Crippen molar-refractivity contribution in [2.75, 3.05) is 20.2 Å². The molecule has 1 N–H and O–H groups in total. The molecule has 0 saturated carbocycles. The van der Waals surface area contributed by atoms with Crippen molar-refractivity contribution in [1.29, 1.82) is 5.26 Å². The number of ether oxygens (including phenoxy) is 1. The van der Waals surface area contributed by atoms with E-state index in [1.165, 1.54) is 0 Å². The molecule has 26 heavy (non-hydrogen) atoms. The van der Waals surface area contributed by atoms with Crippen molar-refractivity contribution in [2.45, 2.75) is 44.9 Å². The van der Waals surface area contributed by atoms with E-state index >= 15 is 0 Å². The number of likely N-dealkylation sites (tertiary alicyclic amines) is 1. The highest BCUT2D eigenvalue weighted by Gasteiger charge is 2.37. The first-order valence-corrected chi connectivity index (χ1v) is 8.89. The molecule has 0 aliphatic carbocycles. The average molecular weight is 355 g/mol. The fraction of sp³-hybridized carbons (Fsp3) is 0.526. The third-order valence-electron chi connectivity index (χ3n) is 4.87. The van der Waals surface area contributed by atoms with Crippen molar-refractivity contribution < 1.29 is 9.84 Å². The van der Waals surface area contributed by atoms with E-state index in [1.807, 2.05) is 32.2 Å². The van der Waals surface area contributed by atoms with Crippen LogP contribution in [-0.4, -0.2) is 45.2 Å². The van der Waals surface area contributed by atoms with Crippen molar-refractivity contribution in [3.8, 4) is 11.8 Å². The molecule has 1 atom stereocenters. The van der Waals surface area contributed by atoms with Gasteiger partial charge >= 0.3 is 0 Å². The van der Waals surface area contributed by atoms with Crippen LogP contribution in [0.1, 0.15) is 49.6 Å². The highest BCUT2D eigenvalue weighted by Crippen LogP contribution is 2.32. The first-order valence-electron chi connectivity index (χ1n) is 8.89. The molecule has 2 aromatic rings. The molecule has 0 spiro atoms. The van der Waals surface area contributed by atoms with Gasteiger partial charge in [0.05, 0.1) is 24.9 Å². The van der Waals surface area contributed by atoms with Crippen molar-refractivity contribution in [3.63, 3.8) is 0 Å². The van der Waals surface area contributed by atoms with Crippen LogP contribution in [0.25, 0.3) is 0 Å². The number of aromatic nitrogens is 3. The maximum Gasteiger partial charge on any atom is 0.123 e. The molecule has 0 amide bonds. The summed E-state index contributed by atoms with van der Waals surface area (Å²) in [6, 6.07) is 7.79. The van der Waals surface area contributed by atoms with Gasteiger partial charge in [0.15, 0.2) is 0 Å². The van der Waals surface area contributed by atoms with E-state index in [2.05, 4.69) is 21.3 Å². The van der Waals surface area contributed by atoms with Gasteiger partial charge in [0, 0.05) is 24.7 Å². The number of nitriles is 1. The number of methoxy groups -OCH3 is 1. The molecule has 1 aliphatic heterocycles. The zero-order valence-electron chi connectivity index (χ0n) is 15.5. The fourth-order valence-electron chi connectivity index (χ4n) is 3.42. The smallest absolute Gasteiger partial charge is 0.123 e. The summed E-state index contributed by atoms with van der Waals surface area (Å²) in [6.45, 7) is 6.03. The molecule has 1 saturated heterocycles. The standard InChI is InChI=1S/C19H25N5O2/c1-14(2)24-12-18(21-22-24)19(25)7-4-8-23(13-19)11-16-9-15(10-20)5-6-17(16)26-3/h5-6,9,12,14,25H,4,7-8,11,13H2,1-3H3/t19-/m1/s1. The van der Waals surface area contributed by atoms with Crippen LogP contribution in [0.4, 0.5) is 0 Å². The Labute approximate surface area is 153 Å². The monoisotopic (exact) mass is 355 g/mol. The van der Waals surface area contributed by atoms with E-state index in [1.54, 1.807) is 17.9 Å². The zero-order chi connectivity index (χ0) is 18.7. The third-order valence-corrected chi connectivity index (χ3v) is 4.87. The second-order valence-corrected chi connectivity index (χ2v) is 7.16. The van der Waals surface area contributed by atoms with E-state index in [-0.39, 0.29) is 6.04 Å². The Morgan fingerprint density at radius 1 is 1.42 bits per heavy atom. The number of benzene rings is 1. The van der Waals surface area contributed by atoms with Crippen molar-refractivity contribution in [1.82, 2.24) is 19.9 Å². The number of hydrogen-bond donors (Lipinski definition) is 1. The quantitative estimate of drug-likeness (QED) is 0.885. The first kappa shape index (κ1) is 18.4. The topological polar surface area (TPSA) is 87.2 Å². The molecule has 7 heteroatoms. The summed E-state index contributed by atoms with van der Waals surface area (Å²) in [7, 11) is 1.63. The minimum atomic E-state index is -1.01. The number of piperidine rings is 1. The lowest BCUT2D eigenvalue weighted by molar-refractivity contribution is -0.0416. The van der Waals surface area contributed by atoms with Gasteiger partial charge in [-0.15, -0.1) is 5.10 Å². The number of hydrogen-bond acceptors (Lipinski definition) is 6. The molecule has 1 fully saturated rings. The van der Waals surface area contributed by atoms with Gasteiger partial charge in [-0.05, 0) is 51.4 Å². The maximum atomic E-state index is 11.2. The Hall–Kier alpha value is -2.43. The Kier molecular flexibility index (Phi) is 5.25. The number of β-amino-alcohol motifs (C(OH)–C–C–N with tert-alkyl or cyclic N) is 1. The molecular weight excluding hydrogens is 330 g/mol. The fourth-order valence-corrected chi connectivity index (χ4v) is 3.42. The Morgan fingerprint density at radius 2 is 2.23 bits per heavy atom. The lowest BCUT2D eigenvalue weighted by Crippen LogP contribution is -2.46. The molecule has 0 unspecified atom stereocenters. The molecule has 3 rings (SSSR count). The van der Waals surface area contributed by atoms with Gasteiger partial charge in [-0.25, -0.2) is 4.68 Å². The number of rotatable bonds is 5. The minimum Gasteiger partial charge on any atom is -0.496 e. The summed E-state index contributed by atoms with van der Waals surface area (Å²) in [5.74, 6) is 0.754. The predicted octanol–water partition coefficient (Wildman–Crippen LogP) is 2.22. The third kappa shape index (κ3) is 3.71. The van der Waals surface area contributed by atoms with Crippen molar-refractivity contribution in [3.05, 3.63) is 41.2 Å². The highest BCUT2D eigenvalue weighted by atomic mass is 16.5. The Morgan fingerprint density at radius 3 is 2.88 bits per heavy atom. The number of aliphatic hydroxyl groups is 1. The summed E-state index contributed by atoms with van der Waals surface area (Å²) in [6.07, 6.45) is 3.37. The normalized spacial score (nSPS) is 20.9. The van der Waals surface area contributed by atoms with Crippen LogP contribution < -0.4 is 4.74 Å². The van der Waals surface area contributed by atoms with E-state index in [0.29, 0.717) is 30.8 Å². The van der Waals surface area contributed by atoms with E-state index in [9.17, 15) is 5.11 Å². The molecule has 1 aromatic heterocycles. The van der Waals surface area contributed by atoms with Gasteiger partial charge < -0.3 is 9.84 Å². The average Bonchev–Trinajstić information content (AvgIpc) is 3.13. The van der Waals surface area contributed by atoms with Crippen LogP contribution in [0.3, 0.4) is 0 Å². The largest absolute Gasteiger partial charge is 0.496 e. The summed E-state index contributed by atoms with van der Waals surface area (Å²) < 4.78 is 7.20. The molecule has 138 valence electrons. The lowest BCUT2D eigenvalue weighted by Gasteiger charge is -2.38. The molecule has 2 heterocycles.